The minimum absolute atomic E-state index is 0. The number of hydrogen-bond donors (Lipinski definition) is 0. The van der Waals surface area contributed by atoms with E-state index in [9.17, 15) is 0 Å². The van der Waals surface area contributed by atoms with E-state index in [4.69, 9.17) is 0 Å². The van der Waals surface area contributed by atoms with Crippen molar-refractivity contribution in [3.63, 3.8) is 0 Å². The van der Waals surface area contributed by atoms with Crippen LogP contribution in [-0.2, 0) is 0 Å². The van der Waals surface area contributed by atoms with Crippen molar-refractivity contribution < 1.29 is 16.9 Å². The quantitative estimate of drug-likeness (QED) is 0.457. The number of hydrogen-bond acceptors (Lipinski definition) is 0. The van der Waals surface area contributed by atoms with E-state index >= 15 is 0 Å². The summed E-state index contributed by atoms with van der Waals surface area (Å²) in [5.41, 5.74) is 0. The summed E-state index contributed by atoms with van der Waals surface area (Å²) in [5, 5.41) is 0. The molecule has 0 radical (unpaired) electrons. The summed E-state index contributed by atoms with van der Waals surface area (Å²) in [6, 6.07) is 0. The summed E-state index contributed by atoms with van der Waals surface area (Å²) in [4.78, 5) is 0. The van der Waals surface area contributed by atoms with Crippen LogP contribution < -0.4 is 12.4 Å². The van der Waals surface area contributed by atoms with Crippen LogP contribution in [0.5, 0.6) is 0 Å². The van der Waals surface area contributed by atoms with Crippen LogP contribution in [0, 0.1) is 0 Å². The van der Waals surface area contributed by atoms with Crippen LogP contribution in [0.4, 0.5) is 0 Å². The van der Waals surface area contributed by atoms with Crippen LogP contribution in [-0.4, -0.2) is 30.7 Å². The van der Waals surface area contributed by atoms with Gasteiger partial charge in [-0.25, -0.2) is 0 Å². The zero-order valence-corrected chi connectivity index (χ0v) is 12.8. The molecule has 0 bridgehead atoms. The molecular formula is C15H32ClN. The van der Waals surface area contributed by atoms with Gasteiger partial charge in [0.05, 0.1) is 26.2 Å². The highest BCUT2D eigenvalue weighted by Gasteiger charge is 2.26. The number of unbranched alkanes of at least 4 members (excludes halogenated alkanes) is 5. The Balaban J connectivity index is 0.00000256. The molecule has 0 spiro atoms. The van der Waals surface area contributed by atoms with Gasteiger partial charge in [-0.3, -0.25) is 0 Å². The van der Waals surface area contributed by atoms with E-state index in [2.05, 4.69) is 13.8 Å². The molecule has 1 aliphatic heterocycles. The van der Waals surface area contributed by atoms with Crippen molar-refractivity contribution in [3.05, 3.63) is 0 Å². The molecule has 1 aliphatic rings. The van der Waals surface area contributed by atoms with E-state index in [-0.39, 0.29) is 12.4 Å². The van der Waals surface area contributed by atoms with Crippen LogP contribution >= 0.6 is 0 Å². The number of halogens is 1. The van der Waals surface area contributed by atoms with Crippen LogP contribution in [0.3, 0.4) is 0 Å². The number of quaternary nitrogens is 1. The second kappa shape index (κ2) is 10.2. The molecule has 1 nitrogen and oxygen atoms in total. The third kappa shape index (κ3) is 6.67. The van der Waals surface area contributed by atoms with Gasteiger partial charge in [0.1, 0.15) is 0 Å². The molecule has 0 saturated carbocycles. The molecular weight excluding hydrogens is 230 g/mol. The Morgan fingerprint density at radius 1 is 0.765 bits per heavy atom. The predicted molar refractivity (Wildman–Crippen MR) is 72.6 cm³/mol. The predicted octanol–water partition coefficient (Wildman–Crippen LogP) is 1.37. The first kappa shape index (κ1) is 17.2. The van der Waals surface area contributed by atoms with Gasteiger partial charge >= 0.3 is 0 Å². The second-order valence-electron chi connectivity index (χ2n) is 5.66. The van der Waals surface area contributed by atoms with Gasteiger partial charge in [0.2, 0.25) is 0 Å². The molecule has 0 atom stereocenters. The van der Waals surface area contributed by atoms with Crippen molar-refractivity contribution in [1.82, 2.24) is 0 Å². The Hall–Kier alpha value is 0.250. The Morgan fingerprint density at radius 2 is 1.35 bits per heavy atom. The van der Waals surface area contributed by atoms with E-state index < -0.39 is 0 Å². The Labute approximate surface area is 115 Å². The highest BCUT2D eigenvalue weighted by molar-refractivity contribution is 4.54. The number of nitrogens with zero attached hydrogens (tertiary/aromatic N) is 1. The number of likely N-dealkylation sites (tertiary alicyclic amines) is 1. The zero-order chi connectivity index (χ0) is 11.7. The van der Waals surface area contributed by atoms with Gasteiger partial charge < -0.3 is 16.9 Å². The lowest BCUT2D eigenvalue weighted by Crippen LogP contribution is -3.00. The van der Waals surface area contributed by atoms with Gasteiger partial charge in [0.25, 0.3) is 0 Å². The lowest BCUT2D eigenvalue weighted by molar-refractivity contribution is -0.931. The molecule has 0 amide bonds. The Kier molecular flexibility index (Phi) is 10.3. The van der Waals surface area contributed by atoms with Gasteiger partial charge in [-0.1, -0.05) is 32.6 Å². The average Bonchev–Trinajstić information content (AvgIpc) is 2.35. The molecule has 1 heterocycles. The van der Waals surface area contributed by atoms with Crippen molar-refractivity contribution in [2.75, 3.05) is 26.2 Å². The van der Waals surface area contributed by atoms with Crippen molar-refractivity contribution in [2.24, 2.45) is 0 Å². The van der Waals surface area contributed by atoms with Gasteiger partial charge in [0, 0.05) is 0 Å². The second-order valence-corrected chi connectivity index (χ2v) is 5.66. The van der Waals surface area contributed by atoms with E-state index in [0.717, 1.165) is 0 Å². The van der Waals surface area contributed by atoms with Gasteiger partial charge in [-0.2, -0.15) is 0 Å². The summed E-state index contributed by atoms with van der Waals surface area (Å²) >= 11 is 0. The van der Waals surface area contributed by atoms with E-state index in [0.29, 0.717) is 0 Å². The third-order valence-electron chi connectivity index (χ3n) is 4.42. The topological polar surface area (TPSA) is 0 Å². The molecule has 1 saturated heterocycles. The minimum atomic E-state index is 0. The molecule has 0 aliphatic carbocycles. The minimum Gasteiger partial charge on any atom is -1.00 e. The first-order valence-corrected chi connectivity index (χ1v) is 7.68. The van der Waals surface area contributed by atoms with E-state index in [1.54, 1.807) is 0 Å². The number of piperidine rings is 1. The first-order valence-electron chi connectivity index (χ1n) is 7.68. The van der Waals surface area contributed by atoms with E-state index in [1.165, 1.54) is 88.4 Å². The highest BCUT2D eigenvalue weighted by atomic mass is 35.5. The molecule has 0 aromatic heterocycles. The standard InChI is InChI=1S/C15H32N.ClH/c1-3-5-6-7-8-10-13-16(4-2)14-11-9-12-15-16;/h3-15H2,1-2H3;1H/q+1;/p-1. The molecule has 0 N–H and O–H groups in total. The van der Waals surface area contributed by atoms with Crippen LogP contribution in [0.25, 0.3) is 0 Å². The fraction of sp³-hybridized carbons (Fsp3) is 1.00. The first-order chi connectivity index (χ1) is 7.83. The fourth-order valence-electron chi connectivity index (χ4n) is 3.11. The lowest BCUT2D eigenvalue weighted by atomic mass is 10.1. The molecule has 104 valence electrons. The van der Waals surface area contributed by atoms with E-state index in [1.807, 2.05) is 0 Å². The maximum absolute atomic E-state index is 2.39. The molecule has 0 unspecified atom stereocenters. The van der Waals surface area contributed by atoms with Crippen molar-refractivity contribution >= 4 is 0 Å². The highest BCUT2D eigenvalue weighted by Crippen LogP contribution is 2.20. The summed E-state index contributed by atoms with van der Waals surface area (Å²) in [6.07, 6.45) is 13.1. The smallest absolute Gasteiger partial charge is 0.0786 e. The van der Waals surface area contributed by atoms with Crippen LogP contribution in [0.15, 0.2) is 0 Å². The Morgan fingerprint density at radius 3 is 1.94 bits per heavy atom. The maximum atomic E-state index is 2.39. The normalized spacial score (nSPS) is 18.7. The summed E-state index contributed by atoms with van der Waals surface area (Å²) in [7, 11) is 0. The number of rotatable bonds is 8. The van der Waals surface area contributed by atoms with Crippen molar-refractivity contribution in [1.29, 1.82) is 0 Å². The molecule has 0 aromatic carbocycles. The van der Waals surface area contributed by atoms with Crippen LogP contribution in [0.1, 0.15) is 71.6 Å². The zero-order valence-electron chi connectivity index (χ0n) is 12.0. The van der Waals surface area contributed by atoms with Gasteiger partial charge in [0.15, 0.2) is 0 Å². The summed E-state index contributed by atoms with van der Waals surface area (Å²) < 4.78 is 1.44. The summed E-state index contributed by atoms with van der Waals surface area (Å²) in [6.45, 7) is 10.4. The molecule has 2 heteroatoms. The van der Waals surface area contributed by atoms with Gasteiger partial charge in [-0.15, -0.1) is 0 Å². The van der Waals surface area contributed by atoms with Crippen molar-refractivity contribution in [3.8, 4) is 0 Å². The van der Waals surface area contributed by atoms with Crippen molar-refractivity contribution in [2.45, 2.75) is 71.6 Å². The van der Waals surface area contributed by atoms with Crippen LogP contribution in [0.2, 0.25) is 0 Å². The lowest BCUT2D eigenvalue weighted by Gasteiger charge is -2.41. The molecule has 17 heavy (non-hydrogen) atoms. The maximum Gasteiger partial charge on any atom is 0.0786 e. The molecule has 1 fully saturated rings. The third-order valence-corrected chi connectivity index (χ3v) is 4.42. The monoisotopic (exact) mass is 261 g/mol. The average molecular weight is 262 g/mol. The molecule has 0 aromatic rings. The van der Waals surface area contributed by atoms with Gasteiger partial charge in [-0.05, 0) is 39.0 Å². The fourth-order valence-corrected chi connectivity index (χ4v) is 3.11. The SMILES string of the molecule is CCCCCCCC[N+]1(CC)CCCCC1.[Cl-]. The Bertz CT molecular complexity index is 164. The summed E-state index contributed by atoms with van der Waals surface area (Å²) in [5.74, 6) is 0. The largest absolute Gasteiger partial charge is 1.00 e. The molecule has 1 rings (SSSR count).